The molecule has 0 amide bonds. The Morgan fingerprint density at radius 1 is 1.50 bits per heavy atom. The summed E-state index contributed by atoms with van der Waals surface area (Å²) in [4.78, 5) is 10.9. The molecule has 0 aliphatic rings. The van der Waals surface area contributed by atoms with E-state index in [2.05, 4.69) is 30.9 Å². The van der Waals surface area contributed by atoms with Crippen molar-refractivity contribution in [2.45, 2.75) is 0 Å². The van der Waals surface area contributed by atoms with Gasteiger partial charge in [-0.3, -0.25) is 4.57 Å². The van der Waals surface area contributed by atoms with Crippen molar-refractivity contribution in [1.29, 1.82) is 0 Å². The summed E-state index contributed by atoms with van der Waals surface area (Å²) >= 11 is 2.97. The summed E-state index contributed by atoms with van der Waals surface area (Å²) in [7, 11) is 0. The third-order valence-corrected chi connectivity index (χ3v) is 1.45. The first kappa shape index (κ1) is 3.66. The van der Waals surface area contributed by atoms with E-state index in [1.165, 1.54) is 0 Å². The van der Waals surface area contributed by atoms with Crippen molar-refractivity contribution in [3.8, 4) is 5.82 Å². The summed E-state index contributed by atoms with van der Waals surface area (Å²) < 4.78 is 38.4. The number of nitrogens with zero attached hydrogens (tertiary/aromatic N) is 4. The molecule has 60 valence electrons. The smallest absolute Gasteiger partial charge is 0.198 e. The molecular formula is C7H5BrN4. The monoisotopic (exact) mass is 229 g/mol. The predicted octanol–water partition coefficient (Wildman–Crippen LogP) is 1.42. The van der Waals surface area contributed by atoms with Gasteiger partial charge >= 0.3 is 0 Å². The lowest BCUT2D eigenvalue weighted by Gasteiger charge is -1.98. The van der Waals surface area contributed by atoms with E-state index >= 15 is 0 Å². The number of rotatable bonds is 1. The highest BCUT2D eigenvalue weighted by atomic mass is 79.9. The molecular weight excluding hydrogens is 220 g/mol. The highest BCUT2D eigenvalue weighted by Gasteiger charge is 1.96. The van der Waals surface area contributed by atoms with Gasteiger partial charge < -0.3 is 0 Å². The number of imidazole rings is 1. The van der Waals surface area contributed by atoms with E-state index in [1.807, 2.05) is 0 Å². The van der Waals surface area contributed by atoms with Crippen LogP contribution in [0.25, 0.3) is 5.82 Å². The Morgan fingerprint density at radius 2 is 2.42 bits per heavy atom. The lowest BCUT2D eigenvalue weighted by atomic mass is 10.6. The maximum Gasteiger partial charge on any atom is 0.198 e. The summed E-state index contributed by atoms with van der Waals surface area (Å²) in [6.45, 7) is 0. The Morgan fingerprint density at radius 3 is 3.17 bits per heavy atom. The first-order valence-corrected chi connectivity index (χ1v) is 3.74. The quantitative estimate of drug-likeness (QED) is 0.696. The van der Waals surface area contributed by atoms with Gasteiger partial charge in [0.15, 0.2) is 4.73 Å². The van der Waals surface area contributed by atoms with Gasteiger partial charge in [-0.15, -0.1) is 0 Å². The van der Waals surface area contributed by atoms with Crippen LogP contribution in [0.5, 0.6) is 0 Å². The van der Waals surface area contributed by atoms with Crippen LogP contribution in [0.2, 0.25) is 0 Å². The molecule has 0 aliphatic carbocycles. The van der Waals surface area contributed by atoms with Gasteiger partial charge in [-0.1, -0.05) is 0 Å². The van der Waals surface area contributed by atoms with Crippen LogP contribution in [0.4, 0.5) is 0 Å². The summed E-state index contributed by atoms with van der Waals surface area (Å²) in [6, 6.07) is -0.326. The highest BCUT2D eigenvalue weighted by Crippen LogP contribution is 2.06. The first-order valence-electron chi connectivity index (χ1n) is 5.45. The van der Waals surface area contributed by atoms with E-state index in [1.54, 1.807) is 0 Å². The molecule has 4 nitrogen and oxygen atoms in total. The minimum Gasteiger partial charge on any atom is -0.290 e. The van der Waals surface area contributed by atoms with E-state index in [0.717, 1.165) is 4.57 Å². The summed E-state index contributed by atoms with van der Waals surface area (Å²) in [5.41, 5.74) is 0. The van der Waals surface area contributed by atoms with Crippen molar-refractivity contribution in [3.63, 3.8) is 0 Å². The third-order valence-electron chi connectivity index (χ3n) is 1.09. The van der Waals surface area contributed by atoms with Crippen LogP contribution >= 0.6 is 15.9 Å². The van der Waals surface area contributed by atoms with Gasteiger partial charge in [0.25, 0.3) is 0 Å². The van der Waals surface area contributed by atoms with Crippen LogP contribution < -0.4 is 0 Å². The first-order chi connectivity index (χ1) is 7.91. The molecule has 0 saturated heterocycles. The van der Waals surface area contributed by atoms with Gasteiger partial charge in [-0.25, -0.2) is 15.0 Å². The van der Waals surface area contributed by atoms with E-state index in [0.29, 0.717) is 0 Å². The Hall–Kier alpha value is -1.23. The maximum atomic E-state index is 7.62. The second-order valence-electron chi connectivity index (χ2n) is 1.82. The van der Waals surface area contributed by atoms with E-state index in [9.17, 15) is 0 Å². The fourth-order valence-electron chi connectivity index (χ4n) is 0.646. The van der Waals surface area contributed by atoms with Crippen LogP contribution in [0, 0.1) is 0 Å². The zero-order valence-electron chi connectivity index (χ0n) is 10.7. The van der Waals surface area contributed by atoms with Crippen molar-refractivity contribution in [1.82, 2.24) is 19.5 Å². The lowest BCUT2D eigenvalue weighted by molar-refractivity contribution is 0.954. The summed E-state index contributed by atoms with van der Waals surface area (Å²) in [6.07, 6.45) is -1.44. The zero-order chi connectivity index (χ0) is 12.7. The Kier molecular flexibility index (Phi) is 0.920. The average Bonchev–Trinajstić information content (AvgIpc) is 2.48. The van der Waals surface area contributed by atoms with Gasteiger partial charge in [0.2, 0.25) is 0 Å². The Labute approximate surface area is 84.5 Å². The highest BCUT2D eigenvalue weighted by molar-refractivity contribution is 9.10. The molecule has 0 atom stereocenters. The van der Waals surface area contributed by atoms with Gasteiger partial charge in [0, 0.05) is 18.5 Å². The largest absolute Gasteiger partial charge is 0.290 e. The number of hydrogen-bond acceptors (Lipinski definition) is 3. The van der Waals surface area contributed by atoms with E-state index in [4.69, 9.17) is 6.85 Å². The minimum absolute atomic E-state index is 0.0764. The molecule has 0 aromatic carbocycles. The average molecular weight is 230 g/mol. The second kappa shape index (κ2) is 3.02. The molecule has 0 aliphatic heterocycles. The molecule has 0 bridgehead atoms. The topological polar surface area (TPSA) is 43.6 Å². The number of halogens is 1. The zero-order valence-corrected chi connectivity index (χ0v) is 7.25. The van der Waals surface area contributed by atoms with Crippen LogP contribution in [0.1, 0.15) is 6.85 Å². The van der Waals surface area contributed by atoms with Gasteiger partial charge in [-0.05, 0) is 22.0 Å². The molecule has 0 radical (unpaired) electrons. The van der Waals surface area contributed by atoms with Crippen molar-refractivity contribution >= 4 is 15.9 Å². The van der Waals surface area contributed by atoms with Crippen molar-refractivity contribution in [2.24, 2.45) is 0 Å². The molecule has 12 heavy (non-hydrogen) atoms. The van der Waals surface area contributed by atoms with Gasteiger partial charge in [-0.2, -0.15) is 0 Å². The molecule has 0 N–H and O–H groups in total. The van der Waals surface area contributed by atoms with Crippen LogP contribution in [0.3, 0.4) is 0 Å². The molecule has 0 unspecified atom stereocenters. The number of aromatic nitrogens is 4. The molecule has 0 fully saturated rings. The fraction of sp³-hybridized carbons (Fsp3) is 0. The molecule has 2 heterocycles. The van der Waals surface area contributed by atoms with Crippen molar-refractivity contribution < 1.29 is 6.85 Å². The third kappa shape index (κ3) is 1.35. The van der Waals surface area contributed by atoms with Crippen molar-refractivity contribution in [3.05, 3.63) is 35.6 Å². The van der Waals surface area contributed by atoms with Gasteiger partial charge in [0.1, 0.15) is 13.5 Å². The molecule has 0 spiro atoms. The van der Waals surface area contributed by atoms with Crippen LogP contribution in [0.15, 0.2) is 35.6 Å². The maximum absolute atomic E-state index is 7.62. The molecule has 2 rings (SSSR count). The molecule has 5 heteroatoms. The SMILES string of the molecule is [2H]c1nc(Br)nc(-n2c([2H])nc([2H])c2[2H])c1[2H]. The van der Waals surface area contributed by atoms with Crippen molar-refractivity contribution in [2.75, 3.05) is 0 Å². The Bertz CT molecular complexity index is 598. The summed E-state index contributed by atoms with van der Waals surface area (Å²) in [5.74, 6) is -0.113. The second-order valence-corrected chi connectivity index (χ2v) is 2.53. The molecule has 2 aromatic heterocycles. The predicted molar refractivity (Wildman–Crippen MR) is 46.9 cm³/mol. The van der Waals surface area contributed by atoms with E-state index in [-0.39, 0.29) is 41.4 Å². The minimum atomic E-state index is -0.379. The molecule has 2 aromatic rings. The Balaban J connectivity index is 2.76. The summed E-state index contributed by atoms with van der Waals surface area (Å²) in [5, 5.41) is 0. The van der Waals surface area contributed by atoms with E-state index < -0.39 is 0 Å². The van der Waals surface area contributed by atoms with Crippen LogP contribution in [-0.4, -0.2) is 19.5 Å². The van der Waals surface area contributed by atoms with Crippen LogP contribution in [-0.2, 0) is 0 Å². The van der Waals surface area contributed by atoms with Gasteiger partial charge in [0.05, 0.1) is 5.48 Å². The molecule has 0 saturated carbocycles. The normalized spacial score (nSPS) is 15.9. The lowest BCUT2D eigenvalue weighted by Crippen LogP contribution is -1.94. The number of hydrogen-bond donors (Lipinski definition) is 0. The standard InChI is InChI=1S/C7H5BrN4/c8-7-10-2-1-6(11-7)12-4-3-9-5-12/h1-5H/i1D,2D,3D,4D,5D. The fourth-order valence-corrected chi connectivity index (χ4v) is 0.902.